The SMILES string of the molecule is CC(N)Cc1nc2ccc(S(C)(=O)=O)cc2[nH]1. The molecule has 0 fully saturated rings. The maximum absolute atomic E-state index is 11.4. The third-order valence-corrected chi connectivity index (χ3v) is 3.56. The summed E-state index contributed by atoms with van der Waals surface area (Å²) in [6, 6.07) is 4.88. The molecule has 2 aromatic rings. The van der Waals surface area contributed by atoms with Crippen LogP contribution in [-0.4, -0.2) is 30.7 Å². The highest BCUT2D eigenvalue weighted by molar-refractivity contribution is 7.90. The van der Waals surface area contributed by atoms with E-state index in [1.165, 1.54) is 6.26 Å². The zero-order valence-corrected chi connectivity index (χ0v) is 10.6. The summed E-state index contributed by atoms with van der Waals surface area (Å²) in [7, 11) is -3.18. The quantitative estimate of drug-likeness (QED) is 0.849. The van der Waals surface area contributed by atoms with Gasteiger partial charge in [0.1, 0.15) is 5.82 Å². The van der Waals surface area contributed by atoms with Gasteiger partial charge in [-0.2, -0.15) is 0 Å². The van der Waals surface area contributed by atoms with E-state index in [9.17, 15) is 8.42 Å². The molecule has 0 amide bonds. The molecule has 5 nitrogen and oxygen atoms in total. The predicted molar refractivity (Wildman–Crippen MR) is 66.6 cm³/mol. The molecule has 0 saturated carbocycles. The molecule has 0 saturated heterocycles. The minimum atomic E-state index is -3.18. The van der Waals surface area contributed by atoms with Gasteiger partial charge in [0.05, 0.1) is 15.9 Å². The average Bonchev–Trinajstić information content (AvgIpc) is 2.55. The van der Waals surface area contributed by atoms with E-state index in [2.05, 4.69) is 9.97 Å². The Labute approximate surface area is 100.0 Å². The molecule has 1 aromatic heterocycles. The van der Waals surface area contributed by atoms with Crippen LogP contribution in [0.5, 0.6) is 0 Å². The fourth-order valence-electron chi connectivity index (χ4n) is 1.67. The van der Waals surface area contributed by atoms with Crippen molar-refractivity contribution in [3.8, 4) is 0 Å². The molecular formula is C11H15N3O2S. The molecule has 0 aliphatic rings. The van der Waals surface area contributed by atoms with Gasteiger partial charge in [0.2, 0.25) is 0 Å². The summed E-state index contributed by atoms with van der Waals surface area (Å²) < 4.78 is 22.8. The van der Waals surface area contributed by atoms with E-state index in [1.54, 1.807) is 18.2 Å². The number of nitrogens with one attached hydrogen (secondary N) is 1. The Kier molecular flexibility index (Phi) is 2.92. The number of imidazole rings is 1. The van der Waals surface area contributed by atoms with Crippen molar-refractivity contribution in [3.05, 3.63) is 24.0 Å². The Morgan fingerprint density at radius 1 is 1.47 bits per heavy atom. The normalized spacial score (nSPS) is 14.1. The van der Waals surface area contributed by atoms with Crippen LogP contribution >= 0.6 is 0 Å². The maximum Gasteiger partial charge on any atom is 0.175 e. The summed E-state index contributed by atoms with van der Waals surface area (Å²) in [5.74, 6) is 0.778. The number of nitrogens with two attached hydrogens (primary N) is 1. The number of aromatic nitrogens is 2. The van der Waals surface area contributed by atoms with E-state index in [4.69, 9.17) is 5.73 Å². The van der Waals surface area contributed by atoms with Gasteiger partial charge in [-0.25, -0.2) is 13.4 Å². The molecule has 3 N–H and O–H groups in total. The fourth-order valence-corrected chi connectivity index (χ4v) is 2.32. The summed E-state index contributed by atoms with van der Waals surface area (Å²) >= 11 is 0. The standard InChI is InChI=1S/C11H15N3O2S/c1-7(12)5-11-13-9-4-3-8(17(2,15)16)6-10(9)14-11/h3-4,6-7H,5,12H2,1-2H3,(H,13,14). The molecule has 1 unspecified atom stereocenters. The molecular weight excluding hydrogens is 238 g/mol. The smallest absolute Gasteiger partial charge is 0.175 e. The lowest BCUT2D eigenvalue weighted by Crippen LogP contribution is -2.18. The topological polar surface area (TPSA) is 88.8 Å². The first-order valence-corrected chi connectivity index (χ1v) is 7.19. The van der Waals surface area contributed by atoms with Gasteiger partial charge in [-0.3, -0.25) is 0 Å². The maximum atomic E-state index is 11.4. The van der Waals surface area contributed by atoms with E-state index in [0.717, 1.165) is 16.9 Å². The van der Waals surface area contributed by atoms with Crippen molar-refractivity contribution in [1.82, 2.24) is 9.97 Å². The molecule has 17 heavy (non-hydrogen) atoms. The van der Waals surface area contributed by atoms with Gasteiger partial charge in [0.25, 0.3) is 0 Å². The molecule has 0 radical (unpaired) electrons. The molecule has 0 spiro atoms. The van der Waals surface area contributed by atoms with E-state index in [1.807, 2.05) is 6.92 Å². The molecule has 1 aromatic carbocycles. The number of sulfone groups is 1. The third kappa shape index (κ3) is 2.65. The Morgan fingerprint density at radius 2 is 2.18 bits per heavy atom. The Bertz CT molecular complexity index is 644. The lowest BCUT2D eigenvalue weighted by atomic mass is 10.2. The van der Waals surface area contributed by atoms with E-state index >= 15 is 0 Å². The van der Waals surface area contributed by atoms with Crippen LogP contribution in [0.1, 0.15) is 12.7 Å². The largest absolute Gasteiger partial charge is 0.342 e. The van der Waals surface area contributed by atoms with Crippen LogP contribution in [0, 0.1) is 0 Å². The van der Waals surface area contributed by atoms with Crippen LogP contribution in [0.3, 0.4) is 0 Å². The van der Waals surface area contributed by atoms with Crippen LogP contribution in [0.2, 0.25) is 0 Å². The Morgan fingerprint density at radius 3 is 2.76 bits per heavy atom. The highest BCUT2D eigenvalue weighted by atomic mass is 32.2. The number of hydrogen-bond acceptors (Lipinski definition) is 4. The molecule has 6 heteroatoms. The van der Waals surface area contributed by atoms with Crippen LogP contribution in [0.25, 0.3) is 11.0 Å². The van der Waals surface area contributed by atoms with Crippen LogP contribution in [-0.2, 0) is 16.3 Å². The first-order valence-electron chi connectivity index (χ1n) is 5.30. The summed E-state index contributed by atoms with van der Waals surface area (Å²) in [5.41, 5.74) is 7.17. The number of fused-ring (bicyclic) bond motifs is 1. The van der Waals surface area contributed by atoms with Crippen molar-refractivity contribution < 1.29 is 8.42 Å². The molecule has 0 aliphatic carbocycles. The van der Waals surface area contributed by atoms with Crippen molar-refractivity contribution in [2.45, 2.75) is 24.3 Å². The number of aromatic amines is 1. The van der Waals surface area contributed by atoms with Gasteiger partial charge in [-0.15, -0.1) is 0 Å². The molecule has 0 aliphatic heterocycles. The number of H-pyrrole nitrogens is 1. The van der Waals surface area contributed by atoms with Gasteiger partial charge in [0.15, 0.2) is 9.84 Å². The first kappa shape index (κ1) is 12.1. The van der Waals surface area contributed by atoms with E-state index in [0.29, 0.717) is 11.3 Å². The van der Waals surface area contributed by atoms with Gasteiger partial charge >= 0.3 is 0 Å². The molecule has 0 bridgehead atoms. The highest BCUT2D eigenvalue weighted by Crippen LogP contribution is 2.17. The minimum Gasteiger partial charge on any atom is -0.342 e. The molecule has 92 valence electrons. The summed E-state index contributed by atoms with van der Waals surface area (Å²) in [4.78, 5) is 7.72. The zero-order chi connectivity index (χ0) is 12.6. The average molecular weight is 253 g/mol. The summed E-state index contributed by atoms with van der Waals surface area (Å²) in [5, 5.41) is 0. The predicted octanol–water partition coefficient (Wildman–Crippen LogP) is 0.856. The van der Waals surface area contributed by atoms with Crippen molar-refractivity contribution in [3.63, 3.8) is 0 Å². The molecule has 1 heterocycles. The van der Waals surface area contributed by atoms with Crippen LogP contribution in [0.4, 0.5) is 0 Å². The zero-order valence-electron chi connectivity index (χ0n) is 9.77. The second kappa shape index (κ2) is 4.12. The molecule has 1 atom stereocenters. The van der Waals surface area contributed by atoms with Crippen LogP contribution in [0.15, 0.2) is 23.1 Å². The van der Waals surface area contributed by atoms with Gasteiger partial charge in [0, 0.05) is 18.7 Å². The van der Waals surface area contributed by atoms with Gasteiger partial charge in [-0.1, -0.05) is 0 Å². The number of benzene rings is 1. The van der Waals surface area contributed by atoms with Gasteiger partial charge < -0.3 is 10.7 Å². The second-order valence-corrected chi connectivity index (χ2v) is 6.33. The van der Waals surface area contributed by atoms with Crippen molar-refractivity contribution in [1.29, 1.82) is 0 Å². The monoisotopic (exact) mass is 253 g/mol. The van der Waals surface area contributed by atoms with Crippen molar-refractivity contribution in [2.75, 3.05) is 6.26 Å². The van der Waals surface area contributed by atoms with Crippen LogP contribution < -0.4 is 5.73 Å². The fraction of sp³-hybridized carbons (Fsp3) is 0.364. The summed E-state index contributed by atoms with van der Waals surface area (Å²) in [6.07, 6.45) is 1.83. The molecule has 2 rings (SSSR count). The first-order chi connectivity index (χ1) is 7.86. The summed E-state index contributed by atoms with van der Waals surface area (Å²) in [6.45, 7) is 1.90. The van der Waals surface area contributed by atoms with Crippen molar-refractivity contribution >= 4 is 20.9 Å². The third-order valence-electron chi connectivity index (χ3n) is 2.45. The highest BCUT2D eigenvalue weighted by Gasteiger charge is 2.10. The minimum absolute atomic E-state index is 0.0185. The Hall–Kier alpha value is -1.40. The van der Waals surface area contributed by atoms with E-state index < -0.39 is 9.84 Å². The lowest BCUT2D eigenvalue weighted by Gasteiger charge is -1.99. The second-order valence-electron chi connectivity index (χ2n) is 4.32. The lowest BCUT2D eigenvalue weighted by molar-refractivity contribution is 0.602. The van der Waals surface area contributed by atoms with E-state index in [-0.39, 0.29) is 6.04 Å². The van der Waals surface area contributed by atoms with Gasteiger partial charge in [-0.05, 0) is 25.1 Å². The number of rotatable bonds is 3. The number of nitrogens with zero attached hydrogens (tertiary/aromatic N) is 1. The number of hydrogen-bond donors (Lipinski definition) is 2. The van der Waals surface area contributed by atoms with Crippen molar-refractivity contribution in [2.24, 2.45) is 5.73 Å². The Balaban J connectivity index is 2.48.